The number of nitrogens with zero attached hydrogens (tertiary/aromatic N) is 2. The number of rotatable bonds is 3. The number of carbonyl (C=O) groups excluding carboxylic acids is 1. The number of carbonyl (C=O) groups is 1. The Bertz CT molecular complexity index is 988. The molecule has 0 radical (unpaired) electrons. The highest BCUT2D eigenvalue weighted by Crippen LogP contribution is 2.27. The summed E-state index contributed by atoms with van der Waals surface area (Å²) in [4.78, 5) is 11.4. The van der Waals surface area contributed by atoms with Gasteiger partial charge in [-0.1, -0.05) is 24.3 Å². The number of fused-ring (bicyclic) bond motifs is 1. The van der Waals surface area contributed by atoms with Crippen molar-refractivity contribution in [1.82, 2.24) is 9.78 Å². The molecule has 0 aliphatic rings. The zero-order valence-corrected chi connectivity index (χ0v) is 13.0. The third-order valence-electron chi connectivity index (χ3n) is 3.43. The first-order valence-electron chi connectivity index (χ1n) is 6.65. The molecular formula is C16H14N2O3S. The minimum absolute atomic E-state index is 0.150. The fraction of sp³-hybridized carbons (Fsp3) is 0.125. The molecule has 1 aromatic heterocycles. The molecule has 3 aromatic rings. The van der Waals surface area contributed by atoms with E-state index in [2.05, 4.69) is 5.10 Å². The Morgan fingerprint density at radius 3 is 2.32 bits per heavy atom. The number of benzene rings is 2. The summed E-state index contributed by atoms with van der Waals surface area (Å²) in [6.45, 7) is 1.75. The van der Waals surface area contributed by atoms with Gasteiger partial charge in [-0.05, 0) is 35.9 Å². The highest BCUT2D eigenvalue weighted by atomic mass is 32.2. The van der Waals surface area contributed by atoms with E-state index in [4.69, 9.17) is 0 Å². The van der Waals surface area contributed by atoms with E-state index in [1.54, 1.807) is 25.1 Å². The van der Waals surface area contributed by atoms with Crippen LogP contribution in [0.5, 0.6) is 0 Å². The summed E-state index contributed by atoms with van der Waals surface area (Å²) < 4.78 is 25.7. The molecule has 0 spiro atoms. The molecule has 5 nitrogen and oxygen atoms in total. The molecule has 0 aliphatic heterocycles. The summed E-state index contributed by atoms with van der Waals surface area (Å²) in [7, 11) is -3.47. The smallest absolute Gasteiger partial charge is 0.177 e. The van der Waals surface area contributed by atoms with Crippen molar-refractivity contribution >= 4 is 26.9 Å². The lowest BCUT2D eigenvalue weighted by atomic mass is 10.1. The summed E-state index contributed by atoms with van der Waals surface area (Å²) >= 11 is 0. The normalized spacial score (nSPS) is 11.7. The Morgan fingerprint density at radius 1 is 1.09 bits per heavy atom. The van der Waals surface area contributed by atoms with E-state index in [0.717, 1.165) is 17.0 Å². The van der Waals surface area contributed by atoms with Crippen LogP contribution in [0, 0.1) is 6.92 Å². The van der Waals surface area contributed by atoms with Crippen molar-refractivity contribution in [1.29, 1.82) is 0 Å². The van der Waals surface area contributed by atoms with Gasteiger partial charge in [-0.3, -0.25) is 4.79 Å². The third kappa shape index (κ3) is 2.42. The maximum absolute atomic E-state index is 12.1. The van der Waals surface area contributed by atoms with Gasteiger partial charge in [-0.15, -0.1) is 0 Å². The minimum atomic E-state index is -3.47. The molecule has 3 rings (SSSR count). The van der Waals surface area contributed by atoms with Gasteiger partial charge in [0, 0.05) is 6.26 Å². The number of aryl methyl sites for hydroxylation is 1. The maximum atomic E-state index is 12.1. The quantitative estimate of drug-likeness (QED) is 0.697. The van der Waals surface area contributed by atoms with E-state index >= 15 is 0 Å². The van der Waals surface area contributed by atoms with Crippen molar-refractivity contribution in [2.75, 3.05) is 6.26 Å². The van der Waals surface area contributed by atoms with Crippen LogP contribution in [0.4, 0.5) is 0 Å². The first-order valence-corrected chi connectivity index (χ1v) is 8.54. The van der Waals surface area contributed by atoms with E-state index in [9.17, 15) is 13.2 Å². The molecule has 22 heavy (non-hydrogen) atoms. The first-order chi connectivity index (χ1) is 10.4. The average Bonchev–Trinajstić information content (AvgIpc) is 2.86. The Kier molecular flexibility index (Phi) is 3.33. The Morgan fingerprint density at radius 2 is 1.73 bits per heavy atom. The molecule has 0 bridgehead atoms. The number of hydrogen-bond donors (Lipinski definition) is 0. The molecule has 0 saturated heterocycles. The van der Waals surface area contributed by atoms with Crippen LogP contribution in [-0.4, -0.2) is 30.7 Å². The number of aldehydes is 1. The largest absolute Gasteiger partial charge is 0.296 e. The fourth-order valence-electron chi connectivity index (χ4n) is 2.47. The standard InChI is InChI=1S/C16H14N2O3S/c1-11-7-14(10-19)18(17-11)15-8-12-5-3-4-6-13(12)9-16(15)22(2,20)21/h3-10H,1-2H3. The second kappa shape index (κ2) is 5.06. The highest BCUT2D eigenvalue weighted by molar-refractivity contribution is 7.90. The van der Waals surface area contributed by atoms with Gasteiger partial charge in [0.1, 0.15) is 5.69 Å². The third-order valence-corrected chi connectivity index (χ3v) is 4.56. The van der Waals surface area contributed by atoms with Gasteiger partial charge < -0.3 is 0 Å². The summed E-state index contributed by atoms with van der Waals surface area (Å²) in [5, 5.41) is 5.96. The van der Waals surface area contributed by atoms with Crippen LogP contribution >= 0.6 is 0 Å². The van der Waals surface area contributed by atoms with Crippen LogP contribution < -0.4 is 0 Å². The Hall–Kier alpha value is -2.47. The predicted octanol–water partition coefficient (Wildman–Crippen LogP) is 2.55. The van der Waals surface area contributed by atoms with Crippen molar-refractivity contribution in [2.45, 2.75) is 11.8 Å². The second-order valence-electron chi connectivity index (χ2n) is 5.18. The molecule has 0 fully saturated rings. The van der Waals surface area contributed by atoms with E-state index in [-0.39, 0.29) is 4.90 Å². The molecule has 2 aromatic carbocycles. The summed E-state index contributed by atoms with van der Waals surface area (Å²) in [6, 6.07) is 12.4. The molecule has 0 atom stereocenters. The van der Waals surface area contributed by atoms with Crippen LogP contribution in [0.25, 0.3) is 16.5 Å². The molecule has 0 N–H and O–H groups in total. The average molecular weight is 314 g/mol. The van der Waals surface area contributed by atoms with Crippen molar-refractivity contribution in [3.8, 4) is 5.69 Å². The summed E-state index contributed by atoms with van der Waals surface area (Å²) in [6.07, 6.45) is 1.82. The van der Waals surface area contributed by atoms with Crippen LogP contribution in [0.1, 0.15) is 16.2 Å². The molecule has 6 heteroatoms. The molecular weight excluding hydrogens is 300 g/mol. The monoisotopic (exact) mass is 314 g/mol. The lowest BCUT2D eigenvalue weighted by Gasteiger charge is -2.11. The molecule has 0 saturated carbocycles. The van der Waals surface area contributed by atoms with Gasteiger partial charge in [0.15, 0.2) is 16.1 Å². The second-order valence-corrected chi connectivity index (χ2v) is 7.16. The van der Waals surface area contributed by atoms with Crippen LogP contribution in [0.3, 0.4) is 0 Å². The van der Waals surface area contributed by atoms with Gasteiger partial charge in [0.05, 0.1) is 16.3 Å². The minimum Gasteiger partial charge on any atom is -0.296 e. The van der Waals surface area contributed by atoms with E-state index in [0.29, 0.717) is 23.4 Å². The zero-order chi connectivity index (χ0) is 15.9. The van der Waals surface area contributed by atoms with Crippen LogP contribution in [0.2, 0.25) is 0 Å². The highest BCUT2D eigenvalue weighted by Gasteiger charge is 2.19. The van der Waals surface area contributed by atoms with Gasteiger partial charge in [-0.25, -0.2) is 13.1 Å². The molecule has 112 valence electrons. The Labute approximate surface area is 128 Å². The summed E-state index contributed by atoms with van der Waals surface area (Å²) in [5.41, 5.74) is 1.35. The van der Waals surface area contributed by atoms with Gasteiger partial charge in [0.2, 0.25) is 0 Å². The fourth-order valence-corrected chi connectivity index (χ4v) is 3.33. The SMILES string of the molecule is Cc1cc(C=O)n(-c2cc3ccccc3cc2S(C)(=O)=O)n1. The molecule has 0 amide bonds. The van der Waals surface area contributed by atoms with E-state index in [1.165, 1.54) is 4.68 Å². The van der Waals surface area contributed by atoms with Crippen molar-refractivity contribution < 1.29 is 13.2 Å². The molecule has 1 heterocycles. The van der Waals surface area contributed by atoms with Gasteiger partial charge in [0.25, 0.3) is 0 Å². The van der Waals surface area contributed by atoms with Crippen LogP contribution in [-0.2, 0) is 9.84 Å². The molecule has 0 unspecified atom stereocenters. The van der Waals surface area contributed by atoms with Crippen molar-refractivity contribution in [2.24, 2.45) is 0 Å². The first kappa shape index (κ1) is 14.5. The van der Waals surface area contributed by atoms with E-state index in [1.807, 2.05) is 24.3 Å². The predicted molar refractivity (Wildman–Crippen MR) is 84.3 cm³/mol. The zero-order valence-electron chi connectivity index (χ0n) is 12.1. The topological polar surface area (TPSA) is 69.0 Å². The lowest BCUT2D eigenvalue weighted by Crippen LogP contribution is -2.09. The van der Waals surface area contributed by atoms with Gasteiger partial charge >= 0.3 is 0 Å². The Balaban J connectivity index is 2.43. The number of aromatic nitrogens is 2. The molecule has 0 aliphatic carbocycles. The summed E-state index contributed by atoms with van der Waals surface area (Å²) in [5.74, 6) is 0. The number of hydrogen-bond acceptors (Lipinski definition) is 4. The number of sulfone groups is 1. The lowest BCUT2D eigenvalue weighted by molar-refractivity contribution is 0.111. The van der Waals surface area contributed by atoms with Crippen LogP contribution in [0.15, 0.2) is 47.4 Å². The van der Waals surface area contributed by atoms with E-state index < -0.39 is 9.84 Å². The van der Waals surface area contributed by atoms with Gasteiger partial charge in [-0.2, -0.15) is 5.10 Å². The van der Waals surface area contributed by atoms with Crippen molar-refractivity contribution in [3.05, 3.63) is 53.9 Å². The van der Waals surface area contributed by atoms with Crippen molar-refractivity contribution in [3.63, 3.8) is 0 Å². The maximum Gasteiger partial charge on any atom is 0.177 e.